The molecule has 1 N–H and O–H groups in total. The van der Waals surface area contributed by atoms with Crippen LogP contribution in [0.5, 0.6) is 0 Å². The molecule has 1 aromatic carbocycles. The predicted octanol–water partition coefficient (Wildman–Crippen LogP) is 4.50. The van der Waals surface area contributed by atoms with Crippen LogP contribution in [0.2, 0.25) is 5.02 Å². The number of hydrogen-bond donors (Lipinski definition) is 1. The molecule has 2 aromatic heterocycles. The Balaban J connectivity index is 1.96. The summed E-state index contributed by atoms with van der Waals surface area (Å²) in [5.41, 5.74) is 2.49. The Kier molecular flexibility index (Phi) is 3.62. The summed E-state index contributed by atoms with van der Waals surface area (Å²) in [6, 6.07) is 2.98. The molecule has 0 saturated carbocycles. The molecule has 3 nitrogen and oxygen atoms in total. The van der Waals surface area contributed by atoms with Crippen LogP contribution >= 0.6 is 35.2 Å². The Morgan fingerprint density at radius 2 is 2.30 bits per heavy atom. The van der Waals surface area contributed by atoms with Crippen molar-refractivity contribution in [3.8, 4) is 0 Å². The number of aromatic nitrogens is 3. The minimum absolute atomic E-state index is 0.0939. The van der Waals surface area contributed by atoms with E-state index in [1.54, 1.807) is 17.4 Å². The molecule has 3 aromatic rings. The molecule has 0 unspecified atom stereocenters. The van der Waals surface area contributed by atoms with Crippen molar-refractivity contribution < 1.29 is 4.39 Å². The van der Waals surface area contributed by atoms with E-state index >= 15 is 0 Å². The average Bonchev–Trinajstić information content (AvgIpc) is 2.92. The largest absolute Gasteiger partial charge is 0.331 e. The van der Waals surface area contributed by atoms with Crippen LogP contribution in [0.4, 0.5) is 4.39 Å². The molecular formula is C13H11ClFN3S2. The summed E-state index contributed by atoms with van der Waals surface area (Å²) in [7, 11) is 0. The van der Waals surface area contributed by atoms with Gasteiger partial charge >= 0.3 is 0 Å². The number of aromatic amines is 1. The molecule has 0 atom stereocenters. The number of rotatable bonds is 3. The van der Waals surface area contributed by atoms with Crippen molar-refractivity contribution >= 4 is 46.2 Å². The Bertz CT molecular complexity index is 834. The molecule has 0 aliphatic carbocycles. The van der Waals surface area contributed by atoms with Gasteiger partial charge in [0.2, 0.25) is 0 Å². The van der Waals surface area contributed by atoms with Crippen molar-refractivity contribution in [2.45, 2.75) is 19.9 Å². The van der Waals surface area contributed by atoms with Crippen LogP contribution in [0, 0.1) is 17.5 Å². The first-order valence-corrected chi connectivity index (χ1v) is 7.70. The quantitative estimate of drug-likeness (QED) is 0.719. The number of fused-ring (bicyclic) bond motifs is 1. The molecule has 0 saturated heterocycles. The lowest BCUT2D eigenvalue weighted by Crippen LogP contribution is -2.01. The minimum Gasteiger partial charge on any atom is -0.331 e. The second-order valence-corrected chi connectivity index (χ2v) is 6.23. The number of nitrogens with zero attached hydrogens (tertiary/aromatic N) is 2. The van der Waals surface area contributed by atoms with E-state index in [0.717, 1.165) is 28.2 Å². The fraction of sp³-hybridized carbons (Fsp3) is 0.231. The van der Waals surface area contributed by atoms with Gasteiger partial charge in [0.15, 0.2) is 4.77 Å². The standard InChI is InChI=1S/C13H11ClFN3S2/c1-7-6-20-12(16-7)2-3-18-11-5-9(15)8(14)4-10(11)17-13(18)19/h4-6H,2-3H2,1H3,(H,17,19). The molecular weight excluding hydrogens is 317 g/mol. The summed E-state index contributed by atoms with van der Waals surface area (Å²) in [5, 5.41) is 3.16. The summed E-state index contributed by atoms with van der Waals surface area (Å²) in [5.74, 6) is -0.438. The molecule has 7 heteroatoms. The SMILES string of the molecule is Cc1csc(CCn2c(=S)[nH]c3cc(Cl)c(F)cc32)n1. The first kappa shape index (κ1) is 13.7. The number of hydrogen-bond acceptors (Lipinski definition) is 3. The van der Waals surface area contributed by atoms with Crippen molar-refractivity contribution in [3.05, 3.63) is 43.8 Å². The van der Waals surface area contributed by atoms with Gasteiger partial charge in [-0.3, -0.25) is 0 Å². The summed E-state index contributed by atoms with van der Waals surface area (Å²) in [6.45, 7) is 2.63. The molecule has 0 fully saturated rings. The van der Waals surface area contributed by atoms with Crippen molar-refractivity contribution in [1.82, 2.24) is 14.5 Å². The van der Waals surface area contributed by atoms with Crippen LogP contribution in [-0.4, -0.2) is 14.5 Å². The lowest BCUT2D eigenvalue weighted by atomic mass is 10.3. The van der Waals surface area contributed by atoms with Gasteiger partial charge in [-0.25, -0.2) is 9.37 Å². The molecule has 0 aliphatic heterocycles. The van der Waals surface area contributed by atoms with E-state index in [1.165, 1.54) is 6.07 Å². The third-order valence-corrected chi connectivity index (χ3v) is 4.67. The van der Waals surface area contributed by atoms with Gasteiger partial charge in [0.1, 0.15) is 5.82 Å². The summed E-state index contributed by atoms with van der Waals surface area (Å²) < 4.78 is 16.0. The second-order valence-electron chi connectivity index (χ2n) is 4.50. The third-order valence-electron chi connectivity index (χ3n) is 3.03. The Morgan fingerprint density at radius 3 is 3.00 bits per heavy atom. The van der Waals surface area contributed by atoms with Crippen LogP contribution in [-0.2, 0) is 13.0 Å². The Morgan fingerprint density at radius 1 is 1.50 bits per heavy atom. The number of benzene rings is 1. The fourth-order valence-corrected chi connectivity index (χ4v) is 3.33. The van der Waals surface area contributed by atoms with Crippen molar-refractivity contribution in [2.75, 3.05) is 0 Å². The van der Waals surface area contributed by atoms with E-state index in [9.17, 15) is 4.39 Å². The lowest BCUT2D eigenvalue weighted by molar-refractivity contribution is 0.627. The van der Waals surface area contributed by atoms with Crippen LogP contribution in [0.3, 0.4) is 0 Å². The van der Waals surface area contributed by atoms with Gasteiger partial charge in [-0.2, -0.15) is 0 Å². The first-order valence-electron chi connectivity index (χ1n) is 6.03. The van der Waals surface area contributed by atoms with Gasteiger partial charge in [0.05, 0.1) is 21.1 Å². The lowest BCUT2D eigenvalue weighted by Gasteiger charge is -2.03. The average molecular weight is 328 g/mol. The summed E-state index contributed by atoms with van der Waals surface area (Å²) in [6.07, 6.45) is 0.768. The number of imidazole rings is 1. The van der Waals surface area contributed by atoms with Crippen LogP contribution < -0.4 is 0 Å². The third kappa shape index (κ3) is 2.51. The fourth-order valence-electron chi connectivity index (χ4n) is 2.10. The minimum atomic E-state index is -0.438. The summed E-state index contributed by atoms with van der Waals surface area (Å²) in [4.78, 5) is 7.46. The van der Waals surface area contributed by atoms with Gasteiger partial charge in [-0.05, 0) is 25.2 Å². The number of nitrogens with one attached hydrogen (secondary N) is 1. The smallest absolute Gasteiger partial charge is 0.178 e. The van der Waals surface area contributed by atoms with Gasteiger partial charge < -0.3 is 9.55 Å². The van der Waals surface area contributed by atoms with E-state index in [-0.39, 0.29) is 5.02 Å². The highest BCUT2D eigenvalue weighted by molar-refractivity contribution is 7.71. The highest BCUT2D eigenvalue weighted by Gasteiger charge is 2.09. The van der Waals surface area contributed by atoms with E-state index in [1.807, 2.05) is 16.9 Å². The molecule has 20 heavy (non-hydrogen) atoms. The number of aryl methyl sites for hydroxylation is 3. The van der Waals surface area contributed by atoms with E-state index in [0.29, 0.717) is 11.3 Å². The number of halogens is 2. The maximum absolute atomic E-state index is 13.6. The van der Waals surface area contributed by atoms with Crippen LogP contribution in [0.1, 0.15) is 10.7 Å². The molecule has 0 aliphatic rings. The molecule has 0 spiro atoms. The van der Waals surface area contributed by atoms with Crippen molar-refractivity contribution in [3.63, 3.8) is 0 Å². The topological polar surface area (TPSA) is 33.6 Å². The zero-order valence-electron chi connectivity index (χ0n) is 10.6. The van der Waals surface area contributed by atoms with E-state index in [2.05, 4.69) is 9.97 Å². The Labute approximate surface area is 129 Å². The van der Waals surface area contributed by atoms with Gasteiger partial charge in [-0.1, -0.05) is 11.6 Å². The molecule has 0 radical (unpaired) electrons. The zero-order chi connectivity index (χ0) is 14.3. The highest BCUT2D eigenvalue weighted by Crippen LogP contribution is 2.23. The van der Waals surface area contributed by atoms with Gasteiger partial charge in [0.25, 0.3) is 0 Å². The molecule has 2 heterocycles. The van der Waals surface area contributed by atoms with E-state index in [4.69, 9.17) is 23.8 Å². The molecule has 3 rings (SSSR count). The highest BCUT2D eigenvalue weighted by atomic mass is 35.5. The van der Waals surface area contributed by atoms with E-state index < -0.39 is 5.82 Å². The second kappa shape index (κ2) is 5.27. The molecule has 0 amide bonds. The normalized spacial score (nSPS) is 11.3. The molecule has 104 valence electrons. The molecule has 0 bridgehead atoms. The number of H-pyrrole nitrogens is 1. The van der Waals surface area contributed by atoms with Gasteiger partial charge in [-0.15, -0.1) is 11.3 Å². The zero-order valence-corrected chi connectivity index (χ0v) is 13.0. The van der Waals surface area contributed by atoms with Crippen LogP contribution in [0.15, 0.2) is 17.5 Å². The first-order chi connectivity index (χ1) is 9.54. The van der Waals surface area contributed by atoms with Crippen molar-refractivity contribution in [1.29, 1.82) is 0 Å². The maximum atomic E-state index is 13.6. The summed E-state index contributed by atoms with van der Waals surface area (Å²) >= 11 is 12.7. The number of thiazole rings is 1. The van der Waals surface area contributed by atoms with Crippen LogP contribution in [0.25, 0.3) is 11.0 Å². The maximum Gasteiger partial charge on any atom is 0.178 e. The van der Waals surface area contributed by atoms with Gasteiger partial charge in [0, 0.05) is 30.1 Å². The Hall–Kier alpha value is -1.24. The monoisotopic (exact) mass is 327 g/mol. The van der Waals surface area contributed by atoms with Crippen molar-refractivity contribution in [2.24, 2.45) is 0 Å². The predicted molar refractivity (Wildman–Crippen MR) is 82.6 cm³/mol.